The van der Waals surface area contributed by atoms with Crippen molar-refractivity contribution >= 4 is 13.8 Å². The second-order valence-corrected chi connectivity index (χ2v) is 2.00. The number of aromatic amines is 1. The maximum atomic E-state index is 11.0. The van der Waals surface area contributed by atoms with Gasteiger partial charge in [-0.3, -0.25) is 4.98 Å². The first-order chi connectivity index (χ1) is 5.70. The van der Waals surface area contributed by atoms with Crippen LogP contribution in [0.2, 0.25) is 0 Å². The van der Waals surface area contributed by atoms with Gasteiger partial charge in [-0.25, -0.2) is 9.59 Å². The van der Waals surface area contributed by atoms with Crippen LogP contribution in [0.1, 0.15) is 0 Å². The Labute approximate surface area is 65.3 Å². The second-order valence-electron chi connectivity index (χ2n) is 2.00. The van der Waals surface area contributed by atoms with E-state index >= 15 is 0 Å². The van der Waals surface area contributed by atoms with Gasteiger partial charge >= 0.3 is 11.4 Å². The van der Waals surface area contributed by atoms with Crippen LogP contribution >= 0.6 is 0 Å². The van der Waals surface area contributed by atoms with Crippen LogP contribution in [0.4, 0.5) is 0 Å². The average molecular weight is 164 g/mol. The van der Waals surface area contributed by atoms with Gasteiger partial charge < -0.3 is 4.48 Å². The molecule has 2 heterocycles. The largest absolute Gasteiger partial charge is 0.344 e. The molecule has 0 bridgehead atoms. The Hall–Kier alpha value is -1.93. The highest BCUT2D eigenvalue weighted by molar-refractivity contribution is 6.06. The summed E-state index contributed by atoms with van der Waals surface area (Å²) in [5.74, 6) is -0.0355. The summed E-state index contributed by atoms with van der Waals surface area (Å²) in [4.78, 5) is 24.1. The van der Waals surface area contributed by atoms with Crippen molar-refractivity contribution in [2.75, 3.05) is 0 Å². The first-order valence-electron chi connectivity index (χ1n) is 2.88. The van der Waals surface area contributed by atoms with Gasteiger partial charge in [0, 0.05) is 0 Å². The first kappa shape index (κ1) is 6.76. The normalized spacial score (nSPS) is 10.7. The first-order valence-corrected chi connectivity index (χ1v) is 2.88. The standard InChI is InChI=1S/C3HBN6O2/c4-9-2(11)5-1-6-7-8-10(1)3(9)12/h(H,5,6,8,11). The van der Waals surface area contributed by atoms with E-state index in [1.54, 1.807) is 0 Å². The molecule has 9 heteroatoms. The lowest BCUT2D eigenvalue weighted by atomic mass is 10.4. The van der Waals surface area contributed by atoms with E-state index in [1.807, 2.05) is 0 Å². The van der Waals surface area contributed by atoms with E-state index in [0.717, 1.165) is 4.52 Å². The molecule has 8 nitrogen and oxygen atoms in total. The average Bonchev–Trinajstić information content (AvgIpc) is 2.48. The number of H-pyrrole nitrogens is 1. The molecule has 12 heavy (non-hydrogen) atoms. The van der Waals surface area contributed by atoms with Gasteiger partial charge in [0.05, 0.1) is 0 Å². The number of nitrogens with zero attached hydrogens (tertiary/aromatic N) is 5. The fourth-order valence-electron chi connectivity index (χ4n) is 0.739. The topological polar surface area (TPSA) is 97.9 Å². The Morgan fingerprint density at radius 3 is 2.92 bits per heavy atom. The molecule has 0 aliphatic rings. The third-order valence-electron chi connectivity index (χ3n) is 1.29. The summed E-state index contributed by atoms with van der Waals surface area (Å²) < 4.78 is 1.16. The fourth-order valence-corrected chi connectivity index (χ4v) is 0.739. The summed E-state index contributed by atoms with van der Waals surface area (Å²) in [5.41, 5.74) is -1.55. The lowest BCUT2D eigenvalue weighted by Gasteiger charge is -1.93. The van der Waals surface area contributed by atoms with E-state index in [2.05, 4.69) is 20.5 Å². The van der Waals surface area contributed by atoms with E-state index in [9.17, 15) is 9.59 Å². The SMILES string of the molecule is [B]n1c(=O)[nH]c2nnnn2c1=O. The van der Waals surface area contributed by atoms with Crippen LogP contribution in [0.3, 0.4) is 0 Å². The lowest BCUT2D eigenvalue weighted by molar-refractivity contribution is 0.746. The highest BCUT2D eigenvalue weighted by atomic mass is 16.2. The van der Waals surface area contributed by atoms with Gasteiger partial charge in [-0.15, -0.1) is 4.52 Å². The van der Waals surface area contributed by atoms with Crippen LogP contribution in [0.25, 0.3) is 5.78 Å². The molecule has 0 saturated carbocycles. The number of fused-ring (bicyclic) bond motifs is 1. The van der Waals surface area contributed by atoms with Crippen LogP contribution in [0, 0.1) is 0 Å². The van der Waals surface area contributed by atoms with E-state index in [1.165, 1.54) is 0 Å². The van der Waals surface area contributed by atoms with Crippen LogP contribution in [-0.2, 0) is 0 Å². The minimum Gasteiger partial charge on any atom is -0.303 e. The fraction of sp³-hybridized carbons (Fsp3) is 0. The van der Waals surface area contributed by atoms with Gasteiger partial charge in [-0.2, -0.15) is 0 Å². The second kappa shape index (κ2) is 2.03. The molecule has 0 saturated heterocycles. The Morgan fingerprint density at radius 1 is 1.42 bits per heavy atom. The molecule has 0 spiro atoms. The van der Waals surface area contributed by atoms with Gasteiger partial charge in [0.2, 0.25) is 7.98 Å². The zero-order valence-corrected chi connectivity index (χ0v) is 5.63. The summed E-state index contributed by atoms with van der Waals surface area (Å²) >= 11 is 0. The van der Waals surface area contributed by atoms with E-state index in [4.69, 9.17) is 7.98 Å². The van der Waals surface area contributed by atoms with Gasteiger partial charge in [0.1, 0.15) is 0 Å². The minimum absolute atomic E-state index is 0.0355. The number of tetrazole rings is 1. The summed E-state index contributed by atoms with van der Waals surface area (Å²) in [6.07, 6.45) is 0. The van der Waals surface area contributed by atoms with Crippen LogP contribution in [0.15, 0.2) is 9.59 Å². The van der Waals surface area contributed by atoms with Crippen LogP contribution in [0.5, 0.6) is 0 Å². The molecule has 0 unspecified atom stereocenters. The van der Waals surface area contributed by atoms with Gasteiger partial charge in [0.25, 0.3) is 5.78 Å². The highest BCUT2D eigenvalue weighted by Gasteiger charge is 2.04. The summed E-state index contributed by atoms with van der Waals surface area (Å²) in [5, 5.41) is 9.82. The minimum atomic E-state index is -0.793. The third kappa shape index (κ3) is 0.697. The quantitative estimate of drug-likeness (QED) is 0.416. The zero-order chi connectivity index (χ0) is 8.72. The van der Waals surface area contributed by atoms with Crippen molar-refractivity contribution in [3.63, 3.8) is 0 Å². The Bertz CT molecular complexity index is 535. The molecular formula is C3HBN6O2. The van der Waals surface area contributed by atoms with Gasteiger partial charge in [-0.05, 0) is 10.4 Å². The maximum Gasteiger partial charge on any atom is 0.344 e. The van der Waals surface area contributed by atoms with Crippen molar-refractivity contribution in [1.82, 2.24) is 29.5 Å². The van der Waals surface area contributed by atoms with E-state index in [-0.39, 0.29) is 5.78 Å². The van der Waals surface area contributed by atoms with Crippen molar-refractivity contribution < 1.29 is 0 Å². The summed E-state index contributed by atoms with van der Waals surface area (Å²) in [6.45, 7) is 0. The number of hydrogen-bond acceptors (Lipinski definition) is 5. The van der Waals surface area contributed by atoms with Crippen molar-refractivity contribution in [3.8, 4) is 0 Å². The highest BCUT2D eigenvalue weighted by Crippen LogP contribution is 1.76. The van der Waals surface area contributed by atoms with Crippen LogP contribution in [-0.4, -0.2) is 37.5 Å². The Kier molecular flexibility index (Phi) is 1.14. The predicted octanol–water partition coefficient (Wildman–Crippen LogP) is -3.09. The van der Waals surface area contributed by atoms with Gasteiger partial charge in [0.15, 0.2) is 0 Å². The molecule has 2 rings (SSSR count). The monoisotopic (exact) mass is 164 g/mol. The lowest BCUT2D eigenvalue weighted by Crippen LogP contribution is -2.38. The predicted molar refractivity (Wildman–Crippen MR) is 36.8 cm³/mol. The van der Waals surface area contributed by atoms with Crippen molar-refractivity contribution in [1.29, 1.82) is 0 Å². The molecule has 0 aromatic carbocycles. The molecule has 0 amide bonds. The van der Waals surface area contributed by atoms with Crippen molar-refractivity contribution in [2.45, 2.75) is 0 Å². The third-order valence-corrected chi connectivity index (χ3v) is 1.29. The summed E-state index contributed by atoms with van der Waals surface area (Å²) in [6, 6.07) is 0. The Balaban J connectivity index is 3.16. The molecule has 0 atom stereocenters. The Morgan fingerprint density at radius 2 is 2.17 bits per heavy atom. The molecule has 2 aromatic heterocycles. The number of aromatic nitrogens is 6. The molecule has 1 N–H and O–H groups in total. The molecule has 58 valence electrons. The zero-order valence-electron chi connectivity index (χ0n) is 5.63. The van der Waals surface area contributed by atoms with E-state index < -0.39 is 11.4 Å². The molecule has 2 aromatic rings. The van der Waals surface area contributed by atoms with Crippen LogP contribution < -0.4 is 11.4 Å². The molecular weight excluding hydrogens is 163 g/mol. The van der Waals surface area contributed by atoms with Crippen molar-refractivity contribution in [2.24, 2.45) is 0 Å². The van der Waals surface area contributed by atoms with Crippen molar-refractivity contribution in [3.05, 3.63) is 21.0 Å². The molecule has 2 radical (unpaired) electrons. The van der Waals surface area contributed by atoms with E-state index in [0.29, 0.717) is 4.48 Å². The summed E-state index contributed by atoms with van der Waals surface area (Å²) in [7, 11) is 5.05. The molecule has 0 fully saturated rings. The smallest absolute Gasteiger partial charge is 0.303 e. The maximum absolute atomic E-state index is 11.0. The number of hydrogen-bond donors (Lipinski definition) is 1. The molecule has 0 aliphatic heterocycles. The van der Waals surface area contributed by atoms with Gasteiger partial charge in [-0.1, -0.05) is 5.10 Å². The number of nitrogens with one attached hydrogen (secondary N) is 1. The number of rotatable bonds is 0. The molecule has 0 aliphatic carbocycles.